The number of nitrogens with one attached hydrogen (secondary N) is 1. The number of nitrogens with zero attached hydrogens (tertiary/aromatic N) is 1. The lowest BCUT2D eigenvalue weighted by Crippen LogP contribution is -2.47. The van der Waals surface area contributed by atoms with Crippen LogP contribution in [-0.4, -0.2) is 61.4 Å². The number of amides is 1. The molecule has 0 radical (unpaired) electrons. The summed E-state index contributed by atoms with van der Waals surface area (Å²) in [7, 11) is 0. The Morgan fingerprint density at radius 1 is 1.59 bits per heavy atom. The molecule has 0 aromatic carbocycles. The third kappa shape index (κ3) is 5.48. The Labute approximate surface area is 103 Å². The lowest BCUT2D eigenvalue weighted by Gasteiger charge is -2.33. The van der Waals surface area contributed by atoms with Gasteiger partial charge in [-0.05, 0) is 25.8 Å². The summed E-state index contributed by atoms with van der Waals surface area (Å²) in [4.78, 5) is 13.6. The van der Waals surface area contributed by atoms with E-state index in [2.05, 4.69) is 5.32 Å². The third-order valence-electron chi connectivity index (χ3n) is 3.14. The van der Waals surface area contributed by atoms with Gasteiger partial charge in [-0.1, -0.05) is 6.92 Å². The molecule has 0 aromatic rings. The standard InChI is InChI=1S/C12H24N2O3/c1-3-17-7-5-13-12(16)9-14-6-4-10(2)11(15)8-14/h10-11,15H,3-9H2,1-2H3,(H,13,16). The summed E-state index contributed by atoms with van der Waals surface area (Å²) >= 11 is 0. The van der Waals surface area contributed by atoms with Crippen molar-refractivity contribution in [2.75, 3.05) is 39.4 Å². The van der Waals surface area contributed by atoms with Gasteiger partial charge in [-0.15, -0.1) is 0 Å². The maximum Gasteiger partial charge on any atom is 0.234 e. The minimum atomic E-state index is -0.306. The first kappa shape index (κ1) is 14.4. The van der Waals surface area contributed by atoms with Gasteiger partial charge >= 0.3 is 0 Å². The monoisotopic (exact) mass is 244 g/mol. The van der Waals surface area contributed by atoms with E-state index in [0.717, 1.165) is 13.0 Å². The number of piperidine rings is 1. The number of β-amino-alcohol motifs (C(OH)–C–C–N with tert-alkyl or cyclic N) is 1. The zero-order valence-corrected chi connectivity index (χ0v) is 10.8. The predicted molar refractivity (Wildman–Crippen MR) is 65.7 cm³/mol. The van der Waals surface area contributed by atoms with Crippen LogP contribution in [0.5, 0.6) is 0 Å². The first-order valence-electron chi connectivity index (χ1n) is 6.38. The summed E-state index contributed by atoms with van der Waals surface area (Å²) in [6.07, 6.45) is 0.646. The summed E-state index contributed by atoms with van der Waals surface area (Å²) in [5.41, 5.74) is 0. The van der Waals surface area contributed by atoms with Crippen LogP contribution >= 0.6 is 0 Å². The molecule has 2 unspecified atom stereocenters. The van der Waals surface area contributed by atoms with Crippen molar-refractivity contribution in [2.45, 2.75) is 26.4 Å². The number of rotatable bonds is 6. The van der Waals surface area contributed by atoms with Crippen molar-refractivity contribution in [3.05, 3.63) is 0 Å². The average Bonchev–Trinajstić information content (AvgIpc) is 2.30. The molecule has 0 aliphatic carbocycles. The molecule has 0 bridgehead atoms. The quantitative estimate of drug-likeness (QED) is 0.638. The Bertz CT molecular complexity index is 236. The maximum atomic E-state index is 11.6. The van der Waals surface area contributed by atoms with Crippen LogP contribution in [0.1, 0.15) is 20.3 Å². The molecule has 100 valence electrons. The van der Waals surface area contributed by atoms with E-state index in [9.17, 15) is 9.90 Å². The fourth-order valence-corrected chi connectivity index (χ4v) is 1.92. The van der Waals surface area contributed by atoms with Crippen molar-refractivity contribution in [1.29, 1.82) is 0 Å². The number of likely N-dealkylation sites (tertiary alicyclic amines) is 1. The molecule has 1 fully saturated rings. The van der Waals surface area contributed by atoms with Crippen LogP contribution in [0.4, 0.5) is 0 Å². The molecule has 5 heteroatoms. The minimum absolute atomic E-state index is 0.00598. The number of ether oxygens (including phenoxy) is 1. The summed E-state index contributed by atoms with van der Waals surface area (Å²) in [6.45, 7) is 7.61. The smallest absolute Gasteiger partial charge is 0.234 e. The van der Waals surface area contributed by atoms with Crippen molar-refractivity contribution in [1.82, 2.24) is 10.2 Å². The van der Waals surface area contributed by atoms with Gasteiger partial charge in [0.1, 0.15) is 0 Å². The van der Waals surface area contributed by atoms with Crippen molar-refractivity contribution in [3.8, 4) is 0 Å². The second-order valence-corrected chi connectivity index (χ2v) is 4.62. The van der Waals surface area contributed by atoms with Gasteiger partial charge in [-0.25, -0.2) is 0 Å². The molecular formula is C12H24N2O3. The van der Waals surface area contributed by atoms with E-state index in [0.29, 0.717) is 38.8 Å². The Hall–Kier alpha value is -0.650. The number of aliphatic hydroxyl groups excluding tert-OH is 1. The highest BCUT2D eigenvalue weighted by Gasteiger charge is 2.25. The van der Waals surface area contributed by atoms with Crippen LogP contribution in [0.15, 0.2) is 0 Å². The average molecular weight is 244 g/mol. The van der Waals surface area contributed by atoms with E-state index < -0.39 is 0 Å². The fourth-order valence-electron chi connectivity index (χ4n) is 1.92. The van der Waals surface area contributed by atoms with Crippen LogP contribution in [0.25, 0.3) is 0 Å². The first-order valence-corrected chi connectivity index (χ1v) is 6.38. The normalized spacial score (nSPS) is 25.8. The van der Waals surface area contributed by atoms with Crippen LogP contribution < -0.4 is 5.32 Å². The number of carbonyl (C=O) groups excluding carboxylic acids is 1. The number of hydrogen-bond acceptors (Lipinski definition) is 4. The summed E-state index contributed by atoms with van der Waals surface area (Å²) < 4.78 is 5.14. The molecule has 1 heterocycles. The highest BCUT2D eigenvalue weighted by atomic mass is 16.5. The zero-order valence-electron chi connectivity index (χ0n) is 10.8. The number of aliphatic hydroxyl groups is 1. The molecule has 17 heavy (non-hydrogen) atoms. The molecule has 0 spiro atoms. The van der Waals surface area contributed by atoms with E-state index in [1.165, 1.54) is 0 Å². The maximum absolute atomic E-state index is 11.6. The summed E-state index contributed by atoms with van der Waals surface area (Å²) in [5, 5.41) is 12.5. The molecule has 1 aliphatic heterocycles. The Morgan fingerprint density at radius 2 is 2.35 bits per heavy atom. The van der Waals surface area contributed by atoms with E-state index in [4.69, 9.17) is 4.74 Å². The van der Waals surface area contributed by atoms with Gasteiger partial charge in [0, 0.05) is 19.7 Å². The fraction of sp³-hybridized carbons (Fsp3) is 0.917. The van der Waals surface area contributed by atoms with Crippen molar-refractivity contribution in [3.63, 3.8) is 0 Å². The second kappa shape index (κ2) is 7.63. The van der Waals surface area contributed by atoms with Gasteiger partial charge < -0.3 is 15.2 Å². The molecule has 2 N–H and O–H groups in total. The van der Waals surface area contributed by atoms with Gasteiger partial charge in [-0.3, -0.25) is 9.69 Å². The molecule has 1 amide bonds. The summed E-state index contributed by atoms with van der Waals surface area (Å²) in [5.74, 6) is 0.346. The Kier molecular flexibility index (Phi) is 6.47. The van der Waals surface area contributed by atoms with E-state index >= 15 is 0 Å². The predicted octanol–water partition coefficient (Wildman–Crippen LogP) is -0.158. The molecule has 0 saturated carbocycles. The molecule has 0 aromatic heterocycles. The van der Waals surface area contributed by atoms with Crippen LogP contribution in [0.2, 0.25) is 0 Å². The SMILES string of the molecule is CCOCCNC(=O)CN1CCC(C)C(O)C1. The highest BCUT2D eigenvalue weighted by Crippen LogP contribution is 2.16. The van der Waals surface area contributed by atoms with E-state index in [1.54, 1.807) is 0 Å². The second-order valence-electron chi connectivity index (χ2n) is 4.62. The largest absolute Gasteiger partial charge is 0.392 e. The van der Waals surface area contributed by atoms with Crippen molar-refractivity contribution >= 4 is 5.91 Å². The van der Waals surface area contributed by atoms with Crippen molar-refractivity contribution < 1.29 is 14.6 Å². The topological polar surface area (TPSA) is 61.8 Å². The molecule has 5 nitrogen and oxygen atoms in total. The Balaban J connectivity index is 2.14. The van der Waals surface area contributed by atoms with E-state index in [-0.39, 0.29) is 12.0 Å². The van der Waals surface area contributed by atoms with Crippen LogP contribution in [0.3, 0.4) is 0 Å². The van der Waals surface area contributed by atoms with Crippen molar-refractivity contribution in [2.24, 2.45) is 5.92 Å². The van der Waals surface area contributed by atoms with Gasteiger partial charge in [0.05, 0.1) is 19.3 Å². The first-order chi connectivity index (χ1) is 8.13. The molecular weight excluding hydrogens is 220 g/mol. The van der Waals surface area contributed by atoms with Gasteiger partial charge in [0.25, 0.3) is 0 Å². The number of hydrogen-bond donors (Lipinski definition) is 2. The van der Waals surface area contributed by atoms with Crippen LogP contribution in [0, 0.1) is 5.92 Å². The minimum Gasteiger partial charge on any atom is -0.392 e. The Morgan fingerprint density at radius 3 is 3.00 bits per heavy atom. The third-order valence-corrected chi connectivity index (χ3v) is 3.14. The molecule has 1 saturated heterocycles. The van der Waals surface area contributed by atoms with Crippen LogP contribution in [-0.2, 0) is 9.53 Å². The zero-order chi connectivity index (χ0) is 12.7. The molecule has 1 rings (SSSR count). The number of carbonyl (C=O) groups is 1. The summed E-state index contributed by atoms with van der Waals surface area (Å²) in [6, 6.07) is 0. The van der Waals surface area contributed by atoms with Gasteiger partial charge in [-0.2, -0.15) is 0 Å². The van der Waals surface area contributed by atoms with Gasteiger partial charge in [0.15, 0.2) is 0 Å². The lowest BCUT2D eigenvalue weighted by molar-refractivity contribution is -0.123. The van der Waals surface area contributed by atoms with Gasteiger partial charge in [0.2, 0.25) is 5.91 Å². The highest BCUT2D eigenvalue weighted by molar-refractivity contribution is 5.77. The van der Waals surface area contributed by atoms with E-state index in [1.807, 2.05) is 18.7 Å². The molecule has 2 atom stereocenters. The lowest BCUT2D eigenvalue weighted by atomic mass is 9.96. The molecule has 1 aliphatic rings.